The van der Waals surface area contributed by atoms with E-state index in [9.17, 15) is 9.90 Å². The molecule has 1 saturated heterocycles. The third-order valence-corrected chi connectivity index (χ3v) is 3.60. The Morgan fingerprint density at radius 3 is 2.33 bits per heavy atom. The summed E-state index contributed by atoms with van der Waals surface area (Å²) in [5, 5.41) is 9.23. The Balaban J connectivity index is 2.69. The van der Waals surface area contributed by atoms with Crippen LogP contribution in [-0.4, -0.2) is 35.1 Å². The van der Waals surface area contributed by atoms with E-state index in [0.717, 1.165) is 19.5 Å². The Morgan fingerprint density at radius 2 is 1.93 bits per heavy atom. The van der Waals surface area contributed by atoms with E-state index in [4.69, 9.17) is 0 Å². The molecule has 3 nitrogen and oxygen atoms in total. The van der Waals surface area contributed by atoms with Crippen molar-refractivity contribution < 1.29 is 9.90 Å². The molecule has 0 aromatic heterocycles. The predicted molar refractivity (Wildman–Crippen MR) is 60.8 cm³/mol. The van der Waals surface area contributed by atoms with Gasteiger partial charge in [0, 0.05) is 12.6 Å². The monoisotopic (exact) mass is 213 g/mol. The highest BCUT2D eigenvalue weighted by molar-refractivity contribution is 5.70. The van der Waals surface area contributed by atoms with Crippen LogP contribution in [0.15, 0.2) is 0 Å². The maximum atomic E-state index is 11.2. The summed E-state index contributed by atoms with van der Waals surface area (Å²) in [6.07, 6.45) is 1.02. The van der Waals surface area contributed by atoms with Gasteiger partial charge in [-0.1, -0.05) is 13.8 Å². The van der Waals surface area contributed by atoms with Crippen LogP contribution >= 0.6 is 0 Å². The molecule has 0 amide bonds. The predicted octanol–water partition coefficient (Wildman–Crippen LogP) is 2.07. The van der Waals surface area contributed by atoms with Crippen molar-refractivity contribution >= 4 is 5.97 Å². The number of carbonyl (C=O) groups is 1. The molecular weight excluding hydrogens is 190 g/mol. The van der Waals surface area contributed by atoms with Gasteiger partial charge in [-0.15, -0.1) is 0 Å². The molecule has 0 spiro atoms. The van der Waals surface area contributed by atoms with Gasteiger partial charge in [0.05, 0.1) is 5.92 Å². The molecule has 0 aliphatic carbocycles. The quantitative estimate of drug-likeness (QED) is 0.780. The Morgan fingerprint density at radius 1 is 1.33 bits per heavy atom. The standard InChI is InChI=1S/C12H23NO2/c1-8(2)10-5-6-13(9(3)4)7-11(10)12(14)15/h8-11H,5-7H2,1-4H3,(H,14,15). The van der Waals surface area contributed by atoms with E-state index in [1.165, 1.54) is 0 Å². The largest absolute Gasteiger partial charge is 0.481 e. The zero-order chi connectivity index (χ0) is 11.6. The minimum Gasteiger partial charge on any atom is -0.481 e. The number of carboxylic acid groups (broad SMARTS) is 1. The third-order valence-electron chi connectivity index (χ3n) is 3.60. The van der Waals surface area contributed by atoms with Crippen LogP contribution in [0.1, 0.15) is 34.1 Å². The van der Waals surface area contributed by atoms with Crippen molar-refractivity contribution in [1.82, 2.24) is 4.90 Å². The smallest absolute Gasteiger partial charge is 0.308 e. The van der Waals surface area contributed by atoms with E-state index in [1.54, 1.807) is 0 Å². The molecule has 1 fully saturated rings. The molecule has 2 atom stereocenters. The van der Waals surface area contributed by atoms with Gasteiger partial charge in [-0.25, -0.2) is 0 Å². The highest BCUT2D eigenvalue weighted by Crippen LogP contribution is 2.30. The first-order valence-corrected chi connectivity index (χ1v) is 5.90. The molecule has 0 aromatic rings. The van der Waals surface area contributed by atoms with E-state index < -0.39 is 5.97 Å². The van der Waals surface area contributed by atoms with Gasteiger partial charge in [0.1, 0.15) is 0 Å². The number of hydrogen-bond donors (Lipinski definition) is 1. The number of hydrogen-bond acceptors (Lipinski definition) is 2. The Bertz CT molecular complexity index is 226. The van der Waals surface area contributed by atoms with E-state index >= 15 is 0 Å². The summed E-state index contributed by atoms with van der Waals surface area (Å²) in [5.74, 6) is 0.0121. The molecule has 1 N–H and O–H groups in total. The Kier molecular flexibility index (Phi) is 4.14. The van der Waals surface area contributed by atoms with Crippen molar-refractivity contribution in [2.45, 2.75) is 40.2 Å². The molecular formula is C12H23NO2. The number of piperidine rings is 1. The highest BCUT2D eigenvalue weighted by Gasteiger charge is 2.36. The Labute approximate surface area is 92.5 Å². The first-order chi connectivity index (χ1) is 6.93. The average molecular weight is 213 g/mol. The summed E-state index contributed by atoms with van der Waals surface area (Å²) >= 11 is 0. The zero-order valence-electron chi connectivity index (χ0n) is 10.2. The fourth-order valence-electron chi connectivity index (χ4n) is 2.52. The topological polar surface area (TPSA) is 40.5 Å². The normalized spacial score (nSPS) is 28.7. The van der Waals surface area contributed by atoms with Crippen molar-refractivity contribution in [1.29, 1.82) is 0 Å². The first-order valence-electron chi connectivity index (χ1n) is 5.90. The van der Waals surface area contributed by atoms with Crippen LogP contribution in [0.4, 0.5) is 0 Å². The van der Waals surface area contributed by atoms with Crippen LogP contribution in [0.25, 0.3) is 0 Å². The van der Waals surface area contributed by atoms with Gasteiger partial charge >= 0.3 is 5.97 Å². The lowest BCUT2D eigenvalue weighted by atomic mass is 9.78. The van der Waals surface area contributed by atoms with Crippen molar-refractivity contribution in [2.24, 2.45) is 17.8 Å². The van der Waals surface area contributed by atoms with E-state index in [0.29, 0.717) is 17.9 Å². The minimum atomic E-state index is -0.626. The molecule has 15 heavy (non-hydrogen) atoms. The fourth-order valence-corrected chi connectivity index (χ4v) is 2.52. The minimum absolute atomic E-state index is 0.179. The molecule has 0 radical (unpaired) electrons. The lowest BCUT2D eigenvalue weighted by Gasteiger charge is -2.40. The molecule has 1 rings (SSSR count). The van der Waals surface area contributed by atoms with Crippen LogP contribution in [0.5, 0.6) is 0 Å². The third kappa shape index (κ3) is 2.94. The van der Waals surface area contributed by atoms with Crippen molar-refractivity contribution in [3.8, 4) is 0 Å². The van der Waals surface area contributed by atoms with Crippen LogP contribution < -0.4 is 0 Å². The Hall–Kier alpha value is -0.570. The number of likely N-dealkylation sites (tertiary alicyclic amines) is 1. The van der Waals surface area contributed by atoms with Gasteiger partial charge in [0.2, 0.25) is 0 Å². The number of rotatable bonds is 3. The van der Waals surface area contributed by atoms with E-state index in [1.807, 2.05) is 0 Å². The van der Waals surface area contributed by atoms with Crippen LogP contribution in [0, 0.1) is 17.8 Å². The van der Waals surface area contributed by atoms with Crippen LogP contribution in [0.3, 0.4) is 0 Å². The number of carboxylic acids is 1. The molecule has 2 unspecified atom stereocenters. The molecule has 1 aliphatic heterocycles. The van der Waals surface area contributed by atoms with Crippen molar-refractivity contribution in [2.75, 3.05) is 13.1 Å². The van der Waals surface area contributed by atoms with Crippen molar-refractivity contribution in [3.63, 3.8) is 0 Å². The van der Waals surface area contributed by atoms with E-state index in [-0.39, 0.29) is 5.92 Å². The summed E-state index contributed by atoms with van der Waals surface area (Å²) in [6.45, 7) is 10.3. The zero-order valence-corrected chi connectivity index (χ0v) is 10.2. The van der Waals surface area contributed by atoms with Gasteiger partial charge < -0.3 is 10.0 Å². The van der Waals surface area contributed by atoms with Gasteiger partial charge in [-0.2, -0.15) is 0 Å². The maximum absolute atomic E-state index is 11.2. The van der Waals surface area contributed by atoms with E-state index in [2.05, 4.69) is 32.6 Å². The second kappa shape index (κ2) is 4.97. The summed E-state index contributed by atoms with van der Waals surface area (Å²) in [6, 6.07) is 0.458. The summed E-state index contributed by atoms with van der Waals surface area (Å²) in [4.78, 5) is 13.5. The summed E-state index contributed by atoms with van der Waals surface area (Å²) in [7, 11) is 0. The van der Waals surface area contributed by atoms with Gasteiger partial charge in [-0.3, -0.25) is 4.79 Å². The molecule has 0 bridgehead atoms. The second-order valence-electron chi connectivity index (χ2n) is 5.23. The molecule has 0 aromatic carbocycles. The summed E-state index contributed by atoms with van der Waals surface area (Å²) < 4.78 is 0. The average Bonchev–Trinajstić information content (AvgIpc) is 2.16. The number of aliphatic carboxylic acids is 1. The van der Waals surface area contributed by atoms with Gasteiger partial charge in [0.25, 0.3) is 0 Å². The fraction of sp³-hybridized carbons (Fsp3) is 0.917. The first kappa shape index (κ1) is 12.5. The SMILES string of the molecule is CC(C)C1CCN(C(C)C)CC1C(=O)O. The van der Waals surface area contributed by atoms with Gasteiger partial charge in [-0.05, 0) is 38.6 Å². The molecule has 0 saturated carbocycles. The molecule has 1 heterocycles. The molecule has 88 valence electrons. The lowest BCUT2D eigenvalue weighted by molar-refractivity contribution is -0.147. The van der Waals surface area contributed by atoms with Crippen LogP contribution in [0.2, 0.25) is 0 Å². The number of nitrogens with zero attached hydrogens (tertiary/aromatic N) is 1. The molecule has 1 aliphatic rings. The highest BCUT2D eigenvalue weighted by atomic mass is 16.4. The van der Waals surface area contributed by atoms with Gasteiger partial charge in [0.15, 0.2) is 0 Å². The van der Waals surface area contributed by atoms with Crippen LogP contribution in [-0.2, 0) is 4.79 Å². The lowest BCUT2D eigenvalue weighted by Crippen LogP contribution is -2.47. The second-order valence-corrected chi connectivity index (χ2v) is 5.23. The maximum Gasteiger partial charge on any atom is 0.308 e. The summed E-state index contributed by atoms with van der Waals surface area (Å²) in [5.41, 5.74) is 0. The van der Waals surface area contributed by atoms with Crippen molar-refractivity contribution in [3.05, 3.63) is 0 Å². The molecule has 3 heteroatoms.